The van der Waals surface area contributed by atoms with Gasteiger partial charge in [0.05, 0.1) is 4.90 Å². The Balaban J connectivity index is 2.19. The van der Waals surface area contributed by atoms with Crippen molar-refractivity contribution in [2.75, 3.05) is 4.72 Å². The molecule has 0 aromatic heterocycles. The molecule has 2 rings (SSSR count). The summed E-state index contributed by atoms with van der Waals surface area (Å²) in [6.07, 6.45) is 0. The van der Waals surface area contributed by atoms with E-state index in [4.69, 9.17) is 0 Å². The molecule has 2 aromatic rings. The van der Waals surface area contributed by atoms with Gasteiger partial charge in [0.15, 0.2) is 5.78 Å². The van der Waals surface area contributed by atoms with Crippen molar-refractivity contribution < 1.29 is 18.0 Å². The third kappa shape index (κ3) is 5.16. The molecule has 6 nitrogen and oxygen atoms in total. The van der Waals surface area contributed by atoms with Crippen LogP contribution >= 0.6 is 0 Å². The van der Waals surface area contributed by atoms with Gasteiger partial charge in [-0.15, -0.1) is 0 Å². The van der Waals surface area contributed by atoms with E-state index in [1.54, 1.807) is 18.2 Å². The molecule has 0 aliphatic rings. The number of hydrogen-bond donors (Lipinski definition) is 2. The highest BCUT2D eigenvalue weighted by Crippen LogP contribution is 2.18. The van der Waals surface area contributed by atoms with Crippen LogP contribution in [0.2, 0.25) is 0 Å². The molecule has 0 heterocycles. The van der Waals surface area contributed by atoms with Crippen LogP contribution in [-0.2, 0) is 10.0 Å². The molecule has 0 radical (unpaired) electrons. The molecule has 1 amide bonds. The van der Waals surface area contributed by atoms with Gasteiger partial charge >= 0.3 is 0 Å². The molecule has 2 N–H and O–H groups in total. The molecule has 0 saturated heterocycles. The van der Waals surface area contributed by atoms with Crippen molar-refractivity contribution in [3.63, 3.8) is 0 Å². The molecule has 0 atom stereocenters. The highest BCUT2D eigenvalue weighted by molar-refractivity contribution is 7.92. The first-order valence-electron chi connectivity index (χ1n) is 8.04. The highest BCUT2D eigenvalue weighted by Gasteiger charge is 2.17. The summed E-state index contributed by atoms with van der Waals surface area (Å²) in [5, 5.41) is 2.84. The molecule has 0 bridgehead atoms. The second-order valence-electron chi connectivity index (χ2n) is 6.97. The second-order valence-corrected chi connectivity index (χ2v) is 8.65. The van der Waals surface area contributed by atoms with Crippen LogP contribution < -0.4 is 10.0 Å². The first-order valence-corrected chi connectivity index (χ1v) is 9.53. The van der Waals surface area contributed by atoms with Gasteiger partial charge in [0, 0.05) is 22.4 Å². The Morgan fingerprint density at radius 3 is 2.08 bits per heavy atom. The van der Waals surface area contributed by atoms with Gasteiger partial charge in [0.2, 0.25) is 0 Å². The van der Waals surface area contributed by atoms with Gasteiger partial charge in [0.1, 0.15) is 0 Å². The third-order valence-electron chi connectivity index (χ3n) is 3.44. The minimum absolute atomic E-state index is 0.000229. The maximum Gasteiger partial charge on any atom is 0.261 e. The molecule has 0 unspecified atom stereocenters. The first-order chi connectivity index (χ1) is 12.0. The van der Waals surface area contributed by atoms with E-state index >= 15 is 0 Å². The predicted molar refractivity (Wildman–Crippen MR) is 101 cm³/mol. The van der Waals surface area contributed by atoms with Gasteiger partial charge in [-0.05, 0) is 64.1 Å². The predicted octanol–water partition coefficient (Wildman–Crippen LogP) is 3.22. The lowest BCUT2D eigenvalue weighted by Crippen LogP contribution is -2.40. The fraction of sp³-hybridized carbons (Fsp3) is 0.263. The zero-order chi connectivity index (χ0) is 19.5. The lowest BCUT2D eigenvalue weighted by atomic mass is 10.1. The molecule has 2 aromatic carbocycles. The van der Waals surface area contributed by atoms with Crippen LogP contribution in [0.1, 0.15) is 48.4 Å². The molecule has 26 heavy (non-hydrogen) atoms. The molecule has 0 aliphatic carbocycles. The van der Waals surface area contributed by atoms with Crippen LogP contribution in [0.3, 0.4) is 0 Å². The molecule has 7 heteroatoms. The number of sulfonamides is 1. The van der Waals surface area contributed by atoms with Crippen LogP contribution in [-0.4, -0.2) is 25.6 Å². The van der Waals surface area contributed by atoms with E-state index in [2.05, 4.69) is 10.0 Å². The molecule has 0 aliphatic heterocycles. The molecular formula is C19H22N2O4S. The number of ketones is 1. The lowest BCUT2D eigenvalue weighted by Gasteiger charge is -2.20. The number of nitrogens with one attached hydrogen (secondary N) is 2. The van der Waals surface area contributed by atoms with E-state index in [0.717, 1.165) is 0 Å². The average molecular weight is 374 g/mol. The van der Waals surface area contributed by atoms with Gasteiger partial charge in [-0.3, -0.25) is 14.3 Å². The normalized spacial score (nSPS) is 11.7. The topological polar surface area (TPSA) is 92.3 Å². The summed E-state index contributed by atoms with van der Waals surface area (Å²) < 4.78 is 27.4. The number of carbonyl (C=O) groups excluding carboxylic acids is 2. The standard InChI is InChI=1S/C19H22N2O4S/c1-13(22)15-6-5-7-17(12-15)26(24,25)21-16-10-8-14(9-11-16)18(23)20-19(2,3)4/h5-12,21H,1-4H3,(H,20,23). The smallest absolute Gasteiger partial charge is 0.261 e. The molecular weight excluding hydrogens is 352 g/mol. The van der Waals surface area contributed by atoms with E-state index in [1.807, 2.05) is 20.8 Å². The monoisotopic (exact) mass is 374 g/mol. The summed E-state index contributed by atoms with van der Waals surface area (Å²) in [4.78, 5) is 23.5. The Morgan fingerprint density at radius 1 is 0.923 bits per heavy atom. The summed E-state index contributed by atoms with van der Waals surface area (Å²) >= 11 is 0. The summed E-state index contributed by atoms with van der Waals surface area (Å²) in [6.45, 7) is 7.01. The van der Waals surface area contributed by atoms with E-state index in [-0.39, 0.29) is 22.1 Å². The van der Waals surface area contributed by atoms with Crippen LogP contribution in [0, 0.1) is 0 Å². The number of benzene rings is 2. The van der Waals surface area contributed by atoms with Crippen LogP contribution in [0.15, 0.2) is 53.4 Å². The lowest BCUT2D eigenvalue weighted by molar-refractivity contribution is 0.0918. The summed E-state index contributed by atoms with van der Waals surface area (Å²) in [6, 6.07) is 12.0. The largest absolute Gasteiger partial charge is 0.347 e. The highest BCUT2D eigenvalue weighted by atomic mass is 32.2. The average Bonchev–Trinajstić information content (AvgIpc) is 2.53. The maximum absolute atomic E-state index is 12.5. The van der Waals surface area contributed by atoms with Crippen LogP contribution in [0.5, 0.6) is 0 Å². The van der Waals surface area contributed by atoms with Crippen molar-refractivity contribution in [2.45, 2.75) is 38.1 Å². The van der Waals surface area contributed by atoms with Crippen LogP contribution in [0.25, 0.3) is 0 Å². The Kier molecular flexibility index (Phi) is 5.51. The SMILES string of the molecule is CC(=O)c1cccc(S(=O)(=O)Nc2ccc(C(=O)NC(C)(C)C)cc2)c1. The van der Waals surface area contributed by atoms with Gasteiger partial charge in [-0.2, -0.15) is 0 Å². The fourth-order valence-corrected chi connectivity index (χ4v) is 3.30. The molecule has 0 spiro atoms. The zero-order valence-corrected chi connectivity index (χ0v) is 16.0. The first kappa shape index (κ1) is 19.7. The molecule has 138 valence electrons. The van der Waals surface area contributed by atoms with Crippen molar-refractivity contribution in [1.29, 1.82) is 0 Å². The number of rotatable bonds is 5. The number of Topliss-reactive ketones (excluding diaryl/α,β-unsaturated/α-hetero) is 1. The van der Waals surface area contributed by atoms with Gasteiger partial charge in [-0.25, -0.2) is 8.42 Å². The summed E-state index contributed by atoms with van der Waals surface area (Å²) in [5.41, 5.74) is 0.716. The Hall–Kier alpha value is -2.67. The van der Waals surface area contributed by atoms with E-state index in [9.17, 15) is 18.0 Å². The van der Waals surface area contributed by atoms with E-state index in [1.165, 1.54) is 37.3 Å². The Morgan fingerprint density at radius 2 is 1.54 bits per heavy atom. The van der Waals surface area contributed by atoms with Crippen molar-refractivity contribution in [3.8, 4) is 0 Å². The second kappa shape index (κ2) is 7.29. The zero-order valence-electron chi connectivity index (χ0n) is 15.2. The van der Waals surface area contributed by atoms with E-state index in [0.29, 0.717) is 16.8 Å². The number of hydrogen-bond acceptors (Lipinski definition) is 4. The number of anilines is 1. The minimum atomic E-state index is -3.83. The van der Waals surface area contributed by atoms with Gasteiger partial charge in [0.25, 0.3) is 15.9 Å². The molecule has 0 saturated carbocycles. The Labute approximate surface area is 153 Å². The van der Waals surface area contributed by atoms with Gasteiger partial charge in [-0.1, -0.05) is 12.1 Å². The van der Waals surface area contributed by atoms with Crippen molar-refractivity contribution in [1.82, 2.24) is 5.32 Å². The minimum Gasteiger partial charge on any atom is -0.347 e. The quantitative estimate of drug-likeness (QED) is 0.786. The number of carbonyl (C=O) groups is 2. The van der Waals surface area contributed by atoms with Crippen molar-refractivity contribution >= 4 is 27.4 Å². The van der Waals surface area contributed by atoms with Crippen molar-refractivity contribution in [3.05, 3.63) is 59.7 Å². The number of amides is 1. The third-order valence-corrected chi connectivity index (χ3v) is 4.82. The van der Waals surface area contributed by atoms with Gasteiger partial charge < -0.3 is 5.32 Å². The van der Waals surface area contributed by atoms with Crippen LogP contribution in [0.4, 0.5) is 5.69 Å². The Bertz CT molecular complexity index is 927. The summed E-state index contributed by atoms with van der Waals surface area (Å²) in [7, 11) is -3.83. The molecule has 0 fully saturated rings. The van der Waals surface area contributed by atoms with E-state index < -0.39 is 10.0 Å². The van der Waals surface area contributed by atoms with Crippen molar-refractivity contribution in [2.24, 2.45) is 0 Å². The summed E-state index contributed by atoms with van der Waals surface area (Å²) in [5.74, 6) is -0.447. The fourth-order valence-electron chi connectivity index (χ4n) is 2.20. The maximum atomic E-state index is 12.5.